The van der Waals surface area contributed by atoms with E-state index in [9.17, 15) is 4.79 Å². The highest BCUT2D eigenvalue weighted by atomic mass is 16.2. The molecule has 1 amide bonds. The smallest absolute Gasteiger partial charge is 0.291 e. The van der Waals surface area contributed by atoms with Crippen molar-refractivity contribution in [3.05, 3.63) is 41.9 Å². The molecule has 0 aromatic carbocycles. The van der Waals surface area contributed by atoms with Crippen LogP contribution in [0.1, 0.15) is 29.2 Å². The molecule has 0 unspecified atom stereocenters. The van der Waals surface area contributed by atoms with E-state index >= 15 is 0 Å². The van der Waals surface area contributed by atoms with Crippen LogP contribution in [0.25, 0.3) is 5.65 Å². The van der Waals surface area contributed by atoms with Crippen molar-refractivity contribution in [3.63, 3.8) is 0 Å². The van der Waals surface area contributed by atoms with E-state index in [1.807, 2.05) is 35.7 Å². The number of fused-ring (bicyclic) bond motifs is 1. The Morgan fingerprint density at radius 1 is 1.40 bits per heavy atom. The molecular formula is C12H13N7O. The zero-order valence-corrected chi connectivity index (χ0v) is 10.9. The van der Waals surface area contributed by atoms with Gasteiger partial charge in [0.05, 0.1) is 6.54 Å². The highest BCUT2D eigenvalue weighted by Crippen LogP contribution is 2.02. The van der Waals surface area contributed by atoms with Crippen molar-refractivity contribution in [3.8, 4) is 0 Å². The Kier molecular flexibility index (Phi) is 3.12. The lowest BCUT2D eigenvalue weighted by atomic mass is 10.4. The van der Waals surface area contributed by atoms with E-state index in [0.717, 1.165) is 5.65 Å². The summed E-state index contributed by atoms with van der Waals surface area (Å²) in [7, 11) is 0. The van der Waals surface area contributed by atoms with Crippen LogP contribution in [0.15, 0.2) is 24.4 Å². The first-order valence-corrected chi connectivity index (χ1v) is 6.26. The minimum absolute atomic E-state index is 0.135. The van der Waals surface area contributed by atoms with Crippen LogP contribution in [-0.2, 0) is 13.0 Å². The standard InChI is InChI=1S/C12H13N7O/c1-2-8-14-11(18-15-8)12(20)13-7-10-17-16-9-5-3-4-6-19(9)10/h3-6H,2,7H2,1H3,(H,13,20)(H,14,15,18). The van der Waals surface area contributed by atoms with Crippen LogP contribution in [0.3, 0.4) is 0 Å². The molecule has 0 saturated carbocycles. The summed E-state index contributed by atoms with van der Waals surface area (Å²) >= 11 is 0. The number of carbonyl (C=O) groups is 1. The van der Waals surface area contributed by atoms with Crippen molar-refractivity contribution in [1.29, 1.82) is 0 Å². The summed E-state index contributed by atoms with van der Waals surface area (Å²) in [6, 6.07) is 5.61. The fourth-order valence-electron chi connectivity index (χ4n) is 1.80. The lowest BCUT2D eigenvalue weighted by Crippen LogP contribution is -2.25. The zero-order valence-electron chi connectivity index (χ0n) is 10.9. The topological polar surface area (TPSA) is 101 Å². The Balaban J connectivity index is 1.71. The number of aromatic nitrogens is 6. The fraction of sp³-hybridized carbons (Fsp3) is 0.250. The number of aromatic amines is 1. The molecule has 0 radical (unpaired) electrons. The summed E-state index contributed by atoms with van der Waals surface area (Å²) in [5, 5.41) is 17.3. The summed E-state index contributed by atoms with van der Waals surface area (Å²) < 4.78 is 1.82. The molecule has 102 valence electrons. The molecule has 3 aromatic heterocycles. The molecule has 3 aromatic rings. The molecule has 20 heavy (non-hydrogen) atoms. The van der Waals surface area contributed by atoms with Crippen molar-refractivity contribution in [2.45, 2.75) is 19.9 Å². The van der Waals surface area contributed by atoms with Crippen molar-refractivity contribution in [2.24, 2.45) is 0 Å². The predicted octanol–water partition coefficient (Wildman–Crippen LogP) is 0.340. The highest BCUT2D eigenvalue weighted by Gasteiger charge is 2.13. The Morgan fingerprint density at radius 2 is 2.30 bits per heavy atom. The third-order valence-corrected chi connectivity index (χ3v) is 2.86. The monoisotopic (exact) mass is 271 g/mol. The third-order valence-electron chi connectivity index (χ3n) is 2.86. The summed E-state index contributed by atoms with van der Waals surface area (Å²) in [6.07, 6.45) is 2.55. The maximum Gasteiger partial charge on any atom is 0.291 e. The van der Waals surface area contributed by atoms with E-state index < -0.39 is 0 Å². The molecule has 0 spiro atoms. The zero-order chi connectivity index (χ0) is 13.9. The first-order chi connectivity index (χ1) is 9.78. The number of hydrogen-bond donors (Lipinski definition) is 2. The molecule has 3 rings (SSSR count). The normalized spacial score (nSPS) is 10.8. The van der Waals surface area contributed by atoms with E-state index in [-0.39, 0.29) is 18.3 Å². The van der Waals surface area contributed by atoms with Gasteiger partial charge in [-0.2, -0.15) is 0 Å². The number of H-pyrrole nitrogens is 1. The lowest BCUT2D eigenvalue weighted by molar-refractivity contribution is 0.0939. The van der Waals surface area contributed by atoms with Gasteiger partial charge in [0.2, 0.25) is 5.82 Å². The molecule has 0 aliphatic heterocycles. The molecule has 0 fully saturated rings. The van der Waals surface area contributed by atoms with Gasteiger partial charge in [0.25, 0.3) is 5.91 Å². The number of nitrogens with zero attached hydrogens (tertiary/aromatic N) is 5. The second-order valence-corrected chi connectivity index (χ2v) is 4.19. The quantitative estimate of drug-likeness (QED) is 0.712. The van der Waals surface area contributed by atoms with Crippen LogP contribution < -0.4 is 5.32 Å². The van der Waals surface area contributed by atoms with Crippen LogP contribution in [0.4, 0.5) is 0 Å². The Morgan fingerprint density at radius 3 is 3.10 bits per heavy atom. The van der Waals surface area contributed by atoms with Gasteiger partial charge in [-0.15, -0.1) is 15.3 Å². The van der Waals surface area contributed by atoms with Gasteiger partial charge >= 0.3 is 0 Å². The van der Waals surface area contributed by atoms with Gasteiger partial charge in [0.15, 0.2) is 11.5 Å². The number of aryl methyl sites for hydroxylation is 1. The van der Waals surface area contributed by atoms with Crippen LogP contribution >= 0.6 is 0 Å². The molecule has 0 atom stereocenters. The van der Waals surface area contributed by atoms with Crippen LogP contribution in [0.5, 0.6) is 0 Å². The number of nitrogens with one attached hydrogen (secondary N) is 2. The Bertz CT molecular complexity index is 745. The summed E-state index contributed by atoms with van der Waals surface area (Å²) in [4.78, 5) is 16.0. The van der Waals surface area contributed by atoms with Gasteiger partial charge in [-0.1, -0.05) is 13.0 Å². The summed E-state index contributed by atoms with van der Waals surface area (Å²) in [5.74, 6) is 1.13. The molecule has 0 saturated heterocycles. The Hall–Kier alpha value is -2.77. The SMILES string of the molecule is CCc1nc(C(=O)NCc2nnc3ccccn23)n[nH]1. The van der Waals surface area contributed by atoms with Gasteiger partial charge in [-0.25, -0.2) is 4.98 Å². The highest BCUT2D eigenvalue weighted by molar-refractivity contribution is 5.90. The molecular weight excluding hydrogens is 258 g/mol. The van der Waals surface area contributed by atoms with E-state index in [0.29, 0.717) is 18.1 Å². The average Bonchev–Trinajstić information content (AvgIpc) is 3.11. The predicted molar refractivity (Wildman–Crippen MR) is 69.9 cm³/mol. The lowest BCUT2D eigenvalue weighted by Gasteiger charge is -2.01. The molecule has 0 bridgehead atoms. The maximum atomic E-state index is 11.9. The van der Waals surface area contributed by atoms with Gasteiger partial charge in [0, 0.05) is 12.6 Å². The van der Waals surface area contributed by atoms with Crippen molar-refractivity contribution in [1.82, 2.24) is 35.1 Å². The van der Waals surface area contributed by atoms with Crippen LogP contribution in [0.2, 0.25) is 0 Å². The second-order valence-electron chi connectivity index (χ2n) is 4.19. The van der Waals surface area contributed by atoms with Gasteiger partial charge in [-0.3, -0.25) is 14.3 Å². The summed E-state index contributed by atoms with van der Waals surface area (Å²) in [6.45, 7) is 2.20. The van der Waals surface area contributed by atoms with E-state index in [1.54, 1.807) is 0 Å². The largest absolute Gasteiger partial charge is 0.342 e. The third kappa shape index (κ3) is 2.22. The molecule has 8 nitrogen and oxygen atoms in total. The van der Waals surface area contributed by atoms with Crippen molar-refractivity contribution in [2.75, 3.05) is 0 Å². The number of rotatable bonds is 4. The van der Waals surface area contributed by atoms with Crippen molar-refractivity contribution >= 4 is 11.6 Å². The van der Waals surface area contributed by atoms with E-state index in [4.69, 9.17) is 0 Å². The number of amides is 1. The molecule has 0 aliphatic carbocycles. The number of hydrogen-bond acceptors (Lipinski definition) is 5. The molecule has 3 heterocycles. The van der Waals surface area contributed by atoms with Crippen LogP contribution in [0, 0.1) is 0 Å². The first-order valence-electron chi connectivity index (χ1n) is 6.26. The van der Waals surface area contributed by atoms with Crippen LogP contribution in [-0.4, -0.2) is 35.7 Å². The molecule has 8 heteroatoms. The number of carbonyl (C=O) groups excluding carboxylic acids is 1. The van der Waals surface area contributed by atoms with Gasteiger partial charge in [0.1, 0.15) is 5.82 Å². The van der Waals surface area contributed by atoms with Crippen molar-refractivity contribution < 1.29 is 4.79 Å². The second kappa shape index (κ2) is 5.08. The van der Waals surface area contributed by atoms with Gasteiger partial charge < -0.3 is 5.32 Å². The van der Waals surface area contributed by atoms with E-state index in [2.05, 4.69) is 30.7 Å². The minimum Gasteiger partial charge on any atom is -0.342 e. The fourth-order valence-corrected chi connectivity index (χ4v) is 1.80. The van der Waals surface area contributed by atoms with Gasteiger partial charge in [-0.05, 0) is 12.1 Å². The minimum atomic E-state index is -0.339. The van der Waals surface area contributed by atoms with E-state index in [1.165, 1.54) is 0 Å². The molecule has 2 N–H and O–H groups in total. The maximum absolute atomic E-state index is 11.9. The average molecular weight is 271 g/mol. The number of pyridine rings is 1. The molecule has 0 aliphatic rings. The summed E-state index contributed by atoms with van der Waals surface area (Å²) in [5.41, 5.74) is 0.739. The first kappa shape index (κ1) is 12.3. The Labute approximate surface area is 114 Å².